The number of carbonyl (C=O) groups is 3. The quantitative estimate of drug-likeness (QED) is 0.660. The van der Waals surface area contributed by atoms with Crippen LogP contribution in [-0.4, -0.2) is 43.7 Å². The van der Waals surface area contributed by atoms with Crippen LogP contribution in [0.1, 0.15) is 41.3 Å². The molecule has 156 valence electrons. The Morgan fingerprint density at radius 1 is 1.13 bits per heavy atom. The predicted octanol–water partition coefficient (Wildman–Crippen LogP) is 2.26. The van der Waals surface area contributed by atoms with Crippen LogP contribution in [-0.2, 0) is 22.6 Å². The monoisotopic (exact) mass is 415 g/mol. The Morgan fingerprint density at radius 2 is 1.97 bits per heavy atom. The van der Waals surface area contributed by atoms with E-state index >= 15 is 0 Å². The lowest BCUT2D eigenvalue weighted by Gasteiger charge is -2.29. The average Bonchev–Trinajstić information content (AvgIpc) is 3.39. The predicted molar refractivity (Wildman–Crippen MR) is 112 cm³/mol. The molecule has 3 amide bonds. The molecule has 0 aliphatic carbocycles. The first-order chi connectivity index (χ1) is 15.0. The first-order valence-electron chi connectivity index (χ1n) is 10.3. The van der Waals surface area contributed by atoms with Crippen LogP contribution in [0.15, 0.2) is 48.7 Å². The maximum Gasteiger partial charge on any atom is 0.255 e. The van der Waals surface area contributed by atoms with Crippen molar-refractivity contribution in [1.29, 1.82) is 0 Å². The molecule has 3 aromatic rings. The van der Waals surface area contributed by atoms with Gasteiger partial charge in [-0.1, -0.05) is 36.4 Å². The molecular formula is C23H21N5O3. The number of hydrogen-bond acceptors (Lipinski definition) is 5. The van der Waals surface area contributed by atoms with Crippen molar-refractivity contribution in [3.05, 3.63) is 65.4 Å². The third-order valence-corrected chi connectivity index (χ3v) is 5.93. The SMILES string of the molecule is CCc1ccccc1-n1cc(-c2ccc3c(c2)CN(C2CCC(=O)NC2=O)C3=O)nn1. The second-order valence-electron chi connectivity index (χ2n) is 7.80. The van der Waals surface area contributed by atoms with Crippen molar-refractivity contribution >= 4 is 17.7 Å². The van der Waals surface area contributed by atoms with E-state index in [4.69, 9.17) is 0 Å². The van der Waals surface area contributed by atoms with Crippen molar-refractivity contribution in [3.63, 3.8) is 0 Å². The Morgan fingerprint density at radius 3 is 2.77 bits per heavy atom. The maximum absolute atomic E-state index is 12.9. The molecular weight excluding hydrogens is 394 g/mol. The molecule has 8 nitrogen and oxygen atoms in total. The van der Waals surface area contributed by atoms with E-state index in [1.54, 1.807) is 15.6 Å². The Hall–Kier alpha value is -3.81. The van der Waals surface area contributed by atoms with Crippen LogP contribution in [0.3, 0.4) is 0 Å². The van der Waals surface area contributed by atoms with Crippen LogP contribution in [0.4, 0.5) is 0 Å². The lowest BCUT2D eigenvalue weighted by Crippen LogP contribution is -2.52. The summed E-state index contributed by atoms with van der Waals surface area (Å²) in [7, 11) is 0. The van der Waals surface area contributed by atoms with Gasteiger partial charge in [0, 0.05) is 24.1 Å². The summed E-state index contributed by atoms with van der Waals surface area (Å²) in [4.78, 5) is 38.1. The summed E-state index contributed by atoms with van der Waals surface area (Å²) < 4.78 is 1.77. The Balaban J connectivity index is 1.42. The van der Waals surface area contributed by atoms with Gasteiger partial charge in [0.1, 0.15) is 11.7 Å². The first kappa shape index (κ1) is 19.2. The van der Waals surface area contributed by atoms with Gasteiger partial charge >= 0.3 is 0 Å². The molecule has 1 N–H and O–H groups in total. The highest BCUT2D eigenvalue weighted by atomic mass is 16.2. The maximum atomic E-state index is 12.9. The van der Waals surface area contributed by atoms with Crippen molar-refractivity contribution in [2.75, 3.05) is 0 Å². The van der Waals surface area contributed by atoms with E-state index in [1.807, 2.05) is 36.5 Å². The zero-order chi connectivity index (χ0) is 21.5. The number of piperidine rings is 1. The van der Waals surface area contributed by atoms with Gasteiger partial charge < -0.3 is 4.90 Å². The summed E-state index contributed by atoms with van der Waals surface area (Å²) >= 11 is 0. The third-order valence-electron chi connectivity index (χ3n) is 5.93. The fourth-order valence-corrected chi connectivity index (χ4v) is 4.28. The number of aromatic nitrogens is 3. The zero-order valence-corrected chi connectivity index (χ0v) is 17.0. The molecule has 5 rings (SSSR count). The van der Waals surface area contributed by atoms with Crippen molar-refractivity contribution in [2.24, 2.45) is 0 Å². The molecule has 1 saturated heterocycles. The highest BCUT2D eigenvalue weighted by Crippen LogP contribution is 2.31. The second kappa shape index (κ2) is 7.46. The van der Waals surface area contributed by atoms with Gasteiger partial charge in [-0.3, -0.25) is 19.7 Å². The van der Waals surface area contributed by atoms with Crippen molar-refractivity contribution < 1.29 is 14.4 Å². The molecule has 1 fully saturated rings. The van der Waals surface area contributed by atoms with Crippen molar-refractivity contribution in [1.82, 2.24) is 25.2 Å². The van der Waals surface area contributed by atoms with Gasteiger partial charge in [-0.25, -0.2) is 4.68 Å². The minimum atomic E-state index is -0.618. The summed E-state index contributed by atoms with van der Waals surface area (Å²) in [6.45, 7) is 2.43. The molecule has 2 aliphatic heterocycles. The molecule has 0 bridgehead atoms. The molecule has 2 aromatic carbocycles. The summed E-state index contributed by atoms with van der Waals surface area (Å²) in [6.07, 6.45) is 3.36. The number of amides is 3. The fourth-order valence-electron chi connectivity index (χ4n) is 4.28. The lowest BCUT2D eigenvalue weighted by molar-refractivity contribution is -0.136. The first-order valence-corrected chi connectivity index (χ1v) is 10.3. The van der Waals surface area contributed by atoms with E-state index in [-0.39, 0.29) is 18.2 Å². The van der Waals surface area contributed by atoms with E-state index in [0.29, 0.717) is 24.2 Å². The number of nitrogens with zero attached hydrogens (tertiary/aromatic N) is 4. The molecule has 3 heterocycles. The van der Waals surface area contributed by atoms with E-state index in [1.165, 1.54) is 5.56 Å². The number of benzene rings is 2. The van der Waals surface area contributed by atoms with Crippen LogP contribution in [0.25, 0.3) is 16.9 Å². The van der Waals surface area contributed by atoms with E-state index < -0.39 is 11.9 Å². The van der Waals surface area contributed by atoms with Crippen molar-refractivity contribution in [3.8, 4) is 16.9 Å². The molecule has 1 atom stereocenters. The number of nitrogens with one attached hydrogen (secondary N) is 1. The highest BCUT2D eigenvalue weighted by molar-refractivity contribution is 6.05. The van der Waals surface area contributed by atoms with Gasteiger partial charge in [0.15, 0.2) is 0 Å². The third kappa shape index (κ3) is 3.30. The minimum absolute atomic E-state index is 0.184. The summed E-state index contributed by atoms with van der Waals surface area (Å²) in [5.41, 5.74) is 5.16. The summed E-state index contributed by atoms with van der Waals surface area (Å²) in [5, 5.41) is 10.9. The average molecular weight is 415 g/mol. The number of rotatable bonds is 4. The van der Waals surface area contributed by atoms with Gasteiger partial charge in [-0.15, -0.1) is 5.10 Å². The van der Waals surface area contributed by atoms with Gasteiger partial charge in [0.05, 0.1) is 11.9 Å². The largest absolute Gasteiger partial charge is 0.322 e. The molecule has 0 saturated carbocycles. The minimum Gasteiger partial charge on any atom is -0.322 e. The van der Waals surface area contributed by atoms with Crippen LogP contribution >= 0.6 is 0 Å². The van der Waals surface area contributed by atoms with Gasteiger partial charge in [0.25, 0.3) is 5.91 Å². The smallest absolute Gasteiger partial charge is 0.255 e. The van der Waals surface area contributed by atoms with Crippen LogP contribution in [0, 0.1) is 0 Å². The van der Waals surface area contributed by atoms with Crippen LogP contribution in [0.5, 0.6) is 0 Å². The Labute approximate surface area is 178 Å². The standard InChI is InChI=1S/C23H21N5O3/c1-2-14-5-3-4-6-19(14)28-13-18(25-26-28)15-7-8-17-16(11-15)12-27(23(17)31)20-9-10-21(29)24-22(20)30/h3-8,11,13,20H,2,9-10,12H2,1H3,(H,24,29,30). The molecule has 1 unspecified atom stereocenters. The number of fused-ring (bicyclic) bond motifs is 1. The molecule has 8 heteroatoms. The van der Waals surface area contributed by atoms with Gasteiger partial charge in [-0.05, 0) is 42.2 Å². The normalized spacial score (nSPS) is 18.3. The van der Waals surface area contributed by atoms with E-state index in [0.717, 1.165) is 23.2 Å². The number of carbonyl (C=O) groups excluding carboxylic acids is 3. The molecule has 1 aromatic heterocycles. The molecule has 0 radical (unpaired) electrons. The lowest BCUT2D eigenvalue weighted by atomic mass is 10.0. The fraction of sp³-hybridized carbons (Fsp3) is 0.261. The number of hydrogen-bond donors (Lipinski definition) is 1. The van der Waals surface area contributed by atoms with Crippen LogP contribution in [0.2, 0.25) is 0 Å². The van der Waals surface area contributed by atoms with E-state index in [9.17, 15) is 14.4 Å². The molecule has 2 aliphatic rings. The summed E-state index contributed by atoms with van der Waals surface area (Å²) in [6, 6.07) is 13.0. The number of imide groups is 1. The number of aryl methyl sites for hydroxylation is 1. The highest BCUT2D eigenvalue weighted by Gasteiger charge is 2.39. The Bertz CT molecular complexity index is 1220. The van der Waals surface area contributed by atoms with Crippen LogP contribution < -0.4 is 5.32 Å². The Kier molecular flexibility index (Phi) is 4.62. The van der Waals surface area contributed by atoms with Crippen molar-refractivity contribution in [2.45, 2.75) is 38.8 Å². The van der Waals surface area contributed by atoms with E-state index in [2.05, 4.69) is 28.6 Å². The molecule has 0 spiro atoms. The second-order valence-corrected chi connectivity index (χ2v) is 7.80. The van der Waals surface area contributed by atoms with Gasteiger partial charge in [0.2, 0.25) is 11.8 Å². The number of para-hydroxylation sites is 1. The zero-order valence-electron chi connectivity index (χ0n) is 17.0. The van der Waals surface area contributed by atoms with Gasteiger partial charge in [-0.2, -0.15) is 0 Å². The summed E-state index contributed by atoms with van der Waals surface area (Å²) in [5.74, 6) is -0.882. The topological polar surface area (TPSA) is 97.2 Å². The molecule has 31 heavy (non-hydrogen) atoms.